The predicted molar refractivity (Wildman–Crippen MR) is 133 cm³/mol. The van der Waals surface area contributed by atoms with Gasteiger partial charge in [-0.05, 0) is 88.4 Å². The summed E-state index contributed by atoms with van der Waals surface area (Å²) in [5, 5.41) is 0.253. The van der Waals surface area contributed by atoms with Crippen molar-refractivity contribution in [3.63, 3.8) is 0 Å². The van der Waals surface area contributed by atoms with Crippen LogP contribution in [0.25, 0.3) is 6.08 Å². The number of piperidine rings is 1. The zero-order valence-corrected chi connectivity index (χ0v) is 20.9. The van der Waals surface area contributed by atoms with Crippen molar-refractivity contribution in [2.45, 2.75) is 25.9 Å². The van der Waals surface area contributed by atoms with Crippen LogP contribution < -0.4 is 4.74 Å². The number of likely N-dealkylation sites (tertiary alicyclic amines) is 1. The summed E-state index contributed by atoms with van der Waals surface area (Å²) in [6.45, 7) is 1.55. The standard InChI is InChI=1S/C24H22BrClN2O4S/c25-19-12-17(6-9-20(19)32-15-16-4-7-18(26)8-5-16)13-21-23(30)28(24(31)33-21)14-22(29)27-10-2-1-3-11-27/h4-9,12-13H,1-3,10-11,14-15H2/b21-13-. The van der Waals surface area contributed by atoms with Crippen molar-refractivity contribution in [3.8, 4) is 5.75 Å². The maximum absolute atomic E-state index is 12.8. The molecule has 3 amide bonds. The van der Waals surface area contributed by atoms with Crippen LogP contribution in [0.4, 0.5) is 4.79 Å². The summed E-state index contributed by atoms with van der Waals surface area (Å²) in [6.07, 6.45) is 4.68. The van der Waals surface area contributed by atoms with Crippen molar-refractivity contribution in [2.24, 2.45) is 0 Å². The third-order valence-electron chi connectivity index (χ3n) is 5.44. The van der Waals surface area contributed by atoms with E-state index in [0.717, 1.165) is 51.5 Å². The number of imide groups is 1. The van der Waals surface area contributed by atoms with E-state index < -0.39 is 11.1 Å². The average Bonchev–Trinajstić information content (AvgIpc) is 3.07. The Balaban J connectivity index is 1.40. The fourth-order valence-corrected chi connectivity index (χ4v) is 5.11. The number of thioether (sulfide) groups is 1. The molecule has 0 saturated carbocycles. The van der Waals surface area contributed by atoms with Gasteiger partial charge in [0.2, 0.25) is 5.91 Å². The van der Waals surface area contributed by atoms with Crippen molar-refractivity contribution >= 4 is 62.4 Å². The molecule has 4 rings (SSSR count). The molecule has 2 aliphatic heterocycles. The van der Waals surface area contributed by atoms with E-state index in [-0.39, 0.29) is 12.5 Å². The summed E-state index contributed by atoms with van der Waals surface area (Å²) < 4.78 is 6.58. The Hall–Kier alpha value is -2.29. The smallest absolute Gasteiger partial charge is 0.294 e. The van der Waals surface area contributed by atoms with Gasteiger partial charge in [0.1, 0.15) is 18.9 Å². The zero-order valence-electron chi connectivity index (χ0n) is 17.8. The maximum Gasteiger partial charge on any atom is 0.294 e. The van der Waals surface area contributed by atoms with E-state index in [9.17, 15) is 14.4 Å². The molecule has 2 saturated heterocycles. The minimum Gasteiger partial charge on any atom is -0.488 e. The molecule has 2 aliphatic rings. The second-order valence-electron chi connectivity index (χ2n) is 7.81. The first-order valence-electron chi connectivity index (χ1n) is 10.6. The first-order valence-corrected chi connectivity index (χ1v) is 12.6. The highest BCUT2D eigenvalue weighted by molar-refractivity contribution is 9.10. The third kappa shape index (κ3) is 5.99. The van der Waals surface area contributed by atoms with Crippen molar-refractivity contribution in [1.29, 1.82) is 0 Å². The Bertz CT molecular complexity index is 1100. The molecule has 172 valence electrons. The highest BCUT2D eigenvalue weighted by Gasteiger charge is 2.37. The minimum atomic E-state index is -0.436. The molecule has 0 N–H and O–H groups in total. The van der Waals surface area contributed by atoms with Gasteiger partial charge in [-0.15, -0.1) is 0 Å². The number of hydrogen-bond donors (Lipinski definition) is 0. The average molecular weight is 550 g/mol. The number of carbonyl (C=O) groups is 3. The van der Waals surface area contributed by atoms with Gasteiger partial charge in [-0.25, -0.2) is 0 Å². The Kier molecular flexibility index (Phi) is 7.78. The monoisotopic (exact) mass is 548 g/mol. The van der Waals surface area contributed by atoms with Gasteiger partial charge in [0, 0.05) is 18.1 Å². The molecule has 0 bridgehead atoms. The molecule has 2 aromatic carbocycles. The van der Waals surface area contributed by atoms with Crippen LogP contribution in [0, 0.1) is 0 Å². The summed E-state index contributed by atoms with van der Waals surface area (Å²) >= 11 is 10.3. The summed E-state index contributed by atoms with van der Waals surface area (Å²) in [6, 6.07) is 12.9. The lowest BCUT2D eigenvalue weighted by atomic mass is 10.1. The van der Waals surface area contributed by atoms with Crippen molar-refractivity contribution in [1.82, 2.24) is 9.80 Å². The zero-order chi connectivity index (χ0) is 23.4. The SMILES string of the molecule is O=C(CN1C(=O)S/C(=C\c2ccc(OCc3ccc(Cl)cc3)c(Br)c2)C1=O)N1CCCCC1. The number of nitrogens with zero attached hydrogens (tertiary/aromatic N) is 2. The molecule has 33 heavy (non-hydrogen) atoms. The Morgan fingerprint density at radius 3 is 2.52 bits per heavy atom. The van der Waals surface area contributed by atoms with Gasteiger partial charge in [0.25, 0.3) is 11.1 Å². The Labute approximate surface area is 210 Å². The highest BCUT2D eigenvalue weighted by atomic mass is 79.9. The van der Waals surface area contributed by atoms with Crippen LogP contribution in [0.2, 0.25) is 5.02 Å². The molecule has 2 fully saturated rings. The van der Waals surface area contributed by atoms with Crippen LogP contribution in [0.5, 0.6) is 5.75 Å². The number of hydrogen-bond acceptors (Lipinski definition) is 5. The predicted octanol–water partition coefficient (Wildman–Crippen LogP) is 5.73. The fourth-order valence-electron chi connectivity index (χ4n) is 3.63. The molecule has 6 nitrogen and oxygen atoms in total. The van der Waals surface area contributed by atoms with E-state index >= 15 is 0 Å². The van der Waals surface area contributed by atoms with Crippen LogP contribution in [-0.2, 0) is 16.2 Å². The number of rotatable bonds is 6. The Morgan fingerprint density at radius 1 is 1.09 bits per heavy atom. The molecule has 0 atom stereocenters. The van der Waals surface area contributed by atoms with Crippen LogP contribution in [-0.4, -0.2) is 46.5 Å². The second kappa shape index (κ2) is 10.8. The largest absolute Gasteiger partial charge is 0.488 e. The van der Waals surface area contributed by atoms with Gasteiger partial charge in [0.15, 0.2) is 0 Å². The molecular formula is C24H22BrClN2O4S. The van der Waals surface area contributed by atoms with Gasteiger partial charge in [-0.1, -0.05) is 29.8 Å². The lowest BCUT2D eigenvalue weighted by molar-refractivity contribution is -0.136. The molecular weight excluding hydrogens is 528 g/mol. The maximum atomic E-state index is 12.8. The molecule has 0 unspecified atom stereocenters. The molecule has 9 heteroatoms. The number of carbonyl (C=O) groups excluding carboxylic acids is 3. The lowest BCUT2D eigenvalue weighted by Gasteiger charge is -2.27. The van der Waals surface area contributed by atoms with Gasteiger partial charge in [-0.3, -0.25) is 19.3 Å². The minimum absolute atomic E-state index is 0.178. The summed E-state index contributed by atoms with van der Waals surface area (Å²) in [5.74, 6) is 0.0417. The van der Waals surface area contributed by atoms with E-state index in [2.05, 4.69) is 15.9 Å². The number of amides is 3. The number of ether oxygens (including phenoxy) is 1. The second-order valence-corrected chi connectivity index (χ2v) is 10.1. The molecule has 0 aliphatic carbocycles. The quantitative estimate of drug-likeness (QED) is 0.431. The van der Waals surface area contributed by atoms with Crippen molar-refractivity contribution in [2.75, 3.05) is 19.6 Å². The lowest BCUT2D eigenvalue weighted by Crippen LogP contribution is -2.44. The van der Waals surface area contributed by atoms with E-state index in [4.69, 9.17) is 16.3 Å². The summed E-state index contributed by atoms with van der Waals surface area (Å²) in [5.41, 5.74) is 1.73. The van der Waals surface area contributed by atoms with Crippen LogP contribution in [0.3, 0.4) is 0 Å². The van der Waals surface area contributed by atoms with Crippen molar-refractivity contribution in [3.05, 3.63) is 68.0 Å². The van der Waals surface area contributed by atoms with Crippen LogP contribution in [0.15, 0.2) is 51.8 Å². The molecule has 0 aromatic heterocycles. The van der Waals surface area contributed by atoms with E-state index in [0.29, 0.717) is 35.4 Å². The van der Waals surface area contributed by atoms with Crippen molar-refractivity contribution < 1.29 is 19.1 Å². The summed E-state index contributed by atoms with van der Waals surface area (Å²) in [4.78, 5) is 40.7. The fraction of sp³-hybridized carbons (Fsp3) is 0.292. The van der Waals surface area contributed by atoms with Gasteiger partial charge < -0.3 is 9.64 Å². The third-order valence-corrected chi connectivity index (χ3v) is 7.22. The van der Waals surface area contributed by atoms with E-state index in [1.165, 1.54) is 0 Å². The summed E-state index contributed by atoms with van der Waals surface area (Å²) in [7, 11) is 0. The first-order chi connectivity index (χ1) is 15.9. The molecule has 0 spiro atoms. The topological polar surface area (TPSA) is 66.9 Å². The van der Waals surface area contributed by atoms with Crippen LogP contribution >= 0.6 is 39.3 Å². The van der Waals surface area contributed by atoms with Gasteiger partial charge in [0.05, 0.1) is 9.38 Å². The Morgan fingerprint density at radius 2 is 1.82 bits per heavy atom. The number of benzene rings is 2. The van der Waals surface area contributed by atoms with Crippen LogP contribution in [0.1, 0.15) is 30.4 Å². The van der Waals surface area contributed by atoms with E-state index in [1.54, 1.807) is 17.0 Å². The van der Waals surface area contributed by atoms with Gasteiger partial charge in [-0.2, -0.15) is 0 Å². The molecule has 0 radical (unpaired) electrons. The first kappa shape index (κ1) is 23.9. The molecule has 2 heterocycles. The highest BCUT2D eigenvalue weighted by Crippen LogP contribution is 2.34. The number of halogens is 2. The van der Waals surface area contributed by atoms with Gasteiger partial charge >= 0.3 is 0 Å². The molecule has 2 aromatic rings. The normalized spacial score (nSPS) is 17.7. The van der Waals surface area contributed by atoms with E-state index in [1.807, 2.05) is 36.4 Å².